The second-order valence-corrected chi connectivity index (χ2v) is 12.9. The van der Waals surface area contributed by atoms with Crippen molar-refractivity contribution >= 4 is 37.8 Å². The first-order valence-electron chi connectivity index (χ1n) is 14.7. The van der Waals surface area contributed by atoms with E-state index in [0.717, 1.165) is 16.9 Å². The van der Waals surface area contributed by atoms with Gasteiger partial charge >= 0.3 is 0 Å². The Morgan fingerprint density at radius 3 is 2.16 bits per heavy atom. The van der Waals surface area contributed by atoms with Crippen LogP contribution >= 0.6 is 11.3 Å². The predicted octanol–water partition coefficient (Wildman–Crippen LogP) is 3.67. The molecule has 0 aliphatic rings. The van der Waals surface area contributed by atoms with Crippen LogP contribution in [0.5, 0.6) is 5.75 Å². The number of anilines is 3. The molecule has 0 aliphatic heterocycles. The fraction of sp³-hybridized carbons (Fsp3) is 0.600. The number of rotatable bonds is 22. The van der Waals surface area contributed by atoms with Gasteiger partial charge < -0.3 is 28.7 Å². The van der Waals surface area contributed by atoms with Crippen molar-refractivity contribution in [2.24, 2.45) is 0 Å². The SMILES string of the molecule is CCOCCN(CCOCCOCCN(C)CCCS(=O)(=O)O)c1cc(C)c(N(C)Nc2sc(C#N)c(C)c2C#N)cc1OC. The molecule has 2 N–H and O–H groups in total. The summed E-state index contributed by atoms with van der Waals surface area (Å²) in [6.07, 6.45) is 0.362. The molecule has 15 heteroatoms. The van der Waals surface area contributed by atoms with Crippen LogP contribution in [0.15, 0.2) is 12.1 Å². The van der Waals surface area contributed by atoms with Gasteiger partial charge in [0.15, 0.2) is 0 Å². The zero-order valence-electron chi connectivity index (χ0n) is 27.1. The standard InChI is InChI=1S/C30H46N6O7S2/c1-7-41-14-11-36(12-15-43-17-16-42-13-10-34(4)9-8-18-45(37,38)39)27-19-23(2)26(20-28(27)40-6)35(5)33-30-25(21-31)24(3)29(22-32)44-30/h19-20,33H,7-18H2,1-6H3,(H,37,38,39). The van der Waals surface area contributed by atoms with Gasteiger partial charge in [-0.2, -0.15) is 18.9 Å². The maximum absolute atomic E-state index is 10.8. The Labute approximate surface area is 271 Å². The van der Waals surface area contributed by atoms with Crippen molar-refractivity contribution in [3.05, 3.63) is 33.7 Å². The Hall–Kier alpha value is -3.15. The second kappa shape index (κ2) is 19.4. The predicted molar refractivity (Wildman–Crippen MR) is 177 cm³/mol. The Bertz CT molecular complexity index is 1400. The number of ether oxygens (including phenoxy) is 4. The molecule has 0 saturated carbocycles. The van der Waals surface area contributed by atoms with E-state index in [9.17, 15) is 18.9 Å². The highest BCUT2D eigenvalue weighted by Gasteiger charge is 2.20. The van der Waals surface area contributed by atoms with Gasteiger partial charge in [-0.3, -0.25) is 15.0 Å². The van der Waals surface area contributed by atoms with Crippen LogP contribution in [0.1, 0.15) is 34.9 Å². The summed E-state index contributed by atoms with van der Waals surface area (Å²) in [4.78, 5) is 4.62. The molecule has 2 rings (SSSR count). The second-order valence-electron chi connectivity index (χ2n) is 10.3. The van der Waals surface area contributed by atoms with Gasteiger partial charge in [-0.25, -0.2) is 0 Å². The van der Waals surface area contributed by atoms with Gasteiger partial charge in [-0.15, -0.1) is 11.3 Å². The third-order valence-corrected chi connectivity index (χ3v) is 8.88. The number of hydrogen-bond donors (Lipinski definition) is 2. The monoisotopic (exact) mass is 666 g/mol. The quantitative estimate of drug-likeness (QED) is 0.107. The Morgan fingerprint density at radius 2 is 1.58 bits per heavy atom. The van der Waals surface area contributed by atoms with Gasteiger partial charge in [-0.1, -0.05) is 0 Å². The number of nitrogens with zero attached hydrogens (tertiary/aromatic N) is 5. The summed E-state index contributed by atoms with van der Waals surface area (Å²) in [6, 6.07) is 8.35. The molecule has 0 amide bonds. The van der Waals surface area contributed by atoms with E-state index in [2.05, 4.69) is 28.5 Å². The van der Waals surface area contributed by atoms with E-state index < -0.39 is 10.1 Å². The first-order chi connectivity index (χ1) is 21.4. The van der Waals surface area contributed by atoms with Crippen molar-refractivity contribution in [3.8, 4) is 17.9 Å². The average molecular weight is 667 g/mol. The van der Waals surface area contributed by atoms with E-state index in [4.69, 9.17) is 23.5 Å². The number of hydrogen-bond acceptors (Lipinski definition) is 13. The number of aryl methyl sites for hydroxylation is 1. The zero-order chi connectivity index (χ0) is 33.4. The zero-order valence-corrected chi connectivity index (χ0v) is 28.7. The van der Waals surface area contributed by atoms with Crippen molar-refractivity contribution in [3.63, 3.8) is 0 Å². The lowest BCUT2D eigenvalue weighted by atomic mass is 10.1. The fourth-order valence-electron chi connectivity index (χ4n) is 4.50. The number of thiophene rings is 1. The molecule has 250 valence electrons. The van der Waals surface area contributed by atoms with Gasteiger partial charge in [0.1, 0.15) is 27.8 Å². The van der Waals surface area contributed by atoms with Crippen molar-refractivity contribution in [2.45, 2.75) is 27.2 Å². The van der Waals surface area contributed by atoms with E-state index in [-0.39, 0.29) is 5.75 Å². The van der Waals surface area contributed by atoms with Crippen LogP contribution in [0, 0.1) is 36.5 Å². The maximum Gasteiger partial charge on any atom is 0.264 e. The van der Waals surface area contributed by atoms with Crippen LogP contribution in [0.4, 0.5) is 16.4 Å². The van der Waals surface area contributed by atoms with E-state index in [1.807, 2.05) is 43.9 Å². The molecule has 0 saturated heterocycles. The van der Waals surface area contributed by atoms with Gasteiger partial charge in [0.25, 0.3) is 10.1 Å². The highest BCUT2D eigenvalue weighted by molar-refractivity contribution is 7.85. The molecule has 1 aromatic carbocycles. The van der Waals surface area contributed by atoms with Crippen LogP contribution < -0.4 is 20.1 Å². The van der Waals surface area contributed by atoms with Crippen molar-refractivity contribution in [2.75, 3.05) is 108 Å². The fourth-order valence-corrected chi connectivity index (χ4v) is 5.98. The first-order valence-corrected chi connectivity index (χ1v) is 17.1. The average Bonchev–Trinajstić information content (AvgIpc) is 3.30. The van der Waals surface area contributed by atoms with Crippen LogP contribution in [-0.4, -0.2) is 111 Å². The number of methoxy groups -OCH3 is 1. The third-order valence-electron chi connectivity index (χ3n) is 6.98. The molecule has 0 radical (unpaired) electrons. The molecule has 13 nitrogen and oxygen atoms in total. The number of nitriles is 2. The summed E-state index contributed by atoms with van der Waals surface area (Å²) < 4.78 is 53.4. The Kier molecular flexibility index (Phi) is 16.4. The number of nitrogens with one attached hydrogen (secondary N) is 1. The molecular formula is C30H46N6O7S2. The molecule has 2 aromatic rings. The molecule has 0 spiro atoms. The van der Waals surface area contributed by atoms with Crippen LogP contribution in [0.2, 0.25) is 0 Å². The highest BCUT2D eigenvalue weighted by atomic mass is 32.2. The summed E-state index contributed by atoms with van der Waals surface area (Å²) in [5, 5.41) is 21.5. The lowest BCUT2D eigenvalue weighted by Gasteiger charge is -2.29. The Morgan fingerprint density at radius 1 is 0.933 bits per heavy atom. The topological polar surface area (TPSA) is 161 Å². The minimum Gasteiger partial charge on any atom is -0.495 e. The summed E-state index contributed by atoms with van der Waals surface area (Å²) >= 11 is 1.25. The smallest absolute Gasteiger partial charge is 0.264 e. The largest absolute Gasteiger partial charge is 0.495 e. The Balaban J connectivity index is 1.97. The molecule has 0 bridgehead atoms. The normalized spacial score (nSPS) is 11.3. The highest BCUT2D eigenvalue weighted by Crippen LogP contribution is 2.37. The van der Waals surface area contributed by atoms with Crippen molar-refractivity contribution in [1.29, 1.82) is 10.5 Å². The van der Waals surface area contributed by atoms with Crippen LogP contribution in [0.25, 0.3) is 0 Å². The molecule has 0 atom stereocenters. The van der Waals surface area contributed by atoms with Crippen LogP contribution in [0.3, 0.4) is 0 Å². The number of benzene rings is 1. The molecular weight excluding hydrogens is 620 g/mol. The van der Waals surface area contributed by atoms with Crippen molar-refractivity contribution in [1.82, 2.24) is 4.90 Å². The molecule has 0 fully saturated rings. The van der Waals surface area contributed by atoms with Gasteiger partial charge in [0.05, 0.1) is 62.8 Å². The van der Waals surface area contributed by atoms with E-state index in [1.165, 1.54) is 11.3 Å². The van der Waals surface area contributed by atoms with Crippen molar-refractivity contribution < 1.29 is 31.9 Å². The third kappa shape index (κ3) is 12.6. The van der Waals surface area contributed by atoms with Gasteiger partial charge in [0, 0.05) is 39.4 Å². The van der Waals surface area contributed by atoms with E-state index in [0.29, 0.717) is 99.0 Å². The van der Waals surface area contributed by atoms with Crippen LogP contribution in [-0.2, 0) is 24.3 Å². The molecule has 0 unspecified atom stereocenters. The minimum absolute atomic E-state index is 0.248. The summed E-state index contributed by atoms with van der Waals surface area (Å²) in [5.74, 6) is 0.423. The molecule has 1 aromatic heterocycles. The summed E-state index contributed by atoms with van der Waals surface area (Å²) in [6.45, 7) is 11.1. The lowest BCUT2D eigenvalue weighted by molar-refractivity contribution is 0.0428. The number of likely N-dealkylation sites (N-methyl/N-ethyl adjacent to an activating group) is 1. The molecule has 0 aliphatic carbocycles. The molecule has 45 heavy (non-hydrogen) atoms. The molecule has 1 heterocycles. The summed E-state index contributed by atoms with van der Waals surface area (Å²) in [5.41, 5.74) is 7.12. The summed E-state index contributed by atoms with van der Waals surface area (Å²) in [7, 11) is 1.43. The maximum atomic E-state index is 10.8. The lowest BCUT2D eigenvalue weighted by Crippen LogP contribution is -2.32. The van der Waals surface area contributed by atoms with Gasteiger partial charge in [-0.05, 0) is 58.0 Å². The minimum atomic E-state index is -3.93. The van der Waals surface area contributed by atoms with E-state index in [1.54, 1.807) is 14.0 Å². The van der Waals surface area contributed by atoms with Gasteiger partial charge in [0.2, 0.25) is 0 Å². The number of hydrazine groups is 1. The van der Waals surface area contributed by atoms with E-state index >= 15 is 0 Å². The first kappa shape index (κ1) is 38.0.